The maximum atomic E-state index is 12.9. The van der Waals surface area contributed by atoms with Gasteiger partial charge in [-0.05, 0) is 24.6 Å². The average molecular weight is 259 g/mol. The second-order valence-corrected chi connectivity index (χ2v) is 4.09. The Bertz CT molecular complexity index is 385. The summed E-state index contributed by atoms with van der Waals surface area (Å²) < 4.78 is 12.9. The van der Waals surface area contributed by atoms with E-state index in [1.165, 1.54) is 12.1 Å². The highest BCUT2D eigenvalue weighted by atomic mass is 35.5. The molecule has 0 aliphatic carbocycles. The minimum atomic E-state index is -0.468. The van der Waals surface area contributed by atoms with Crippen LogP contribution >= 0.6 is 11.6 Å². The van der Waals surface area contributed by atoms with Crippen molar-refractivity contribution in [3.8, 4) is 0 Å². The van der Waals surface area contributed by atoms with Gasteiger partial charge in [0, 0.05) is 12.2 Å². The Morgan fingerprint density at radius 1 is 1.47 bits per heavy atom. The predicted octanol–water partition coefficient (Wildman–Crippen LogP) is 2.81. The molecule has 0 heterocycles. The molecule has 94 valence electrons. The van der Waals surface area contributed by atoms with E-state index in [1.54, 1.807) is 6.07 Å². The van der Waals surface area contributed by atoms with E-state index in [2.05, 4.69) is 17.6 Å². The minimum Gasteiger partial charge on any atom is -0.376 e. The van der Waals surface area contributed by atoms with Crippen LogP contribution in [0.5, 0.6) is 0 Å². The zero-order valence-electron chi connectivity index (χ0n) is 9.72. The largest absolute Gasteiger partial charge is 0.376 e. The number of carbonyl (C=O) groups excluding carboxylic acids is 1. The van der Waals surface area contributed by atoms with Gasteiger partial charge in [-0.3, -0.25) is 4.79 Å². The molecule has 17 heavy (non-hydrogen) atoms. The summed E-state index contributed by atoms with van der Waals surface area (Å²) in [6, 6.07) is 4.26. The molecule has 0 aliphatic heterocycles. The van der Waals surface area contributed by atoms with Crippen LogP contribution in [0.25, 0.3) is 0 Å². The number of unbranched alkanes of at least 4 members (excludes halogenated alkanes) is 1. The van der Waals surface area contributed by atoms with Gasteiger partial charge in [0.05, 0.1) is 11.6 Å². The van der Waals surface area contributed by atoms with Gasteiger partial charge in [0.2, 0.25) is 5.91 Å². The molecular weight excluding hydrogens is 243 g/mol. The molecule has 1 amide bonds. The number of anilines is 1. The fourth-order valence-electron chi connectivity index (χ4n) is 1.26. The number of amides is 1. The van der Waals surface area contributed by atoms with Crippen molar-refractivity contribution in [1.29, 1.82) is 0 Å². The van der Waals surface area contributed by atoms with Crippen molar-refractivity contribution >= 4 is 23.2 Å². The zero-order chi connectivity index (χ0) is 12.7. The summed E-state index contributed by atoms with van der Waals surface area (Å²) >= 11 is 5.62. The first kappa shape index (κ1) is 13.8. The molecule has 0 aliphatic rings. The Balaban J connectivity index is 2.34. The molecule has 0 atom stereocenters. The van der Waals surface area contributed by atoms with Crippen molar-refractivity contribution in [3.63, 3.8) is 0 Å². The Hall–Kier alpha value is -1.29. The van der Waals surface area contributed by atoms with Crippen molar-refractivity contribution in [2.45, 2.75) is 19.8 Å². The number of hydrogen-bond acceptors (Lipinski definition) is 2. The van der Waals surface area contributed by atoms with E-state index in [0.29, 0.717) is 12.2 Å². The normalized spacial score (nSPS) is 10.1. The van der Waals surface area contributed by atoms with E-state index in [0.717, 1.165) is 12.8 Å². The number of nitrogens with one attached hydrogen (secondary N) is 2. The molecule has 0 fully saturated rings. The quantitative estimate of drug-likeness (QED) is 0.771. The van der Waals surface area contributed by atoms with Gasteiger partial charge in [-0.15, -0.1) is 0 Å². The van der Waals surface area contributed by atoms with Crippen LogP contribution in [0.4, 0.5) is 10.1 Å². The van der Waals surface area contributed by atoms with Crippen LogP contribution in [-0.2, 0) is 4.79 Å². The lowest BCUT2D eigenvalue weighted by Gasteiger charge is -2.07. The molecule has 1 rings (SSSR count). The summed E-state index contributed by atoms with van der Waals surface area (Å²) in [7, 11) is 0. The molecule has 0 saturated carbocycles. The Kier molecular flexibility index (Phi) is 5.77. The van der Waals surface area contributed by atoms with Crippen LogP contribution in [0.2, 0.25) is 5.02 Å². The number of halogens is 2. The first-order valence-electron chi connectivity index (χ1n) is 5.59. The average Bonchev–Trinajstić information content (AvgIpc) is 2.31. The van der Waals surface area contributed by atoms with Crippen LogP contribution in [0, 0.1) is 5.82 Å². The van der Waals surface area contributed by atoms with Crippen LogP contribution in [0.1, 0.15) is 19.8 Å². The summed E-state index contributed by atoms with van der Waals surface area (Å²) in [4.78, 5) is 11.4. The lowest BCUT2D eigenvalue weighted by atomic mass is 10.3. The van der Waals surface area contributed by atoms with E-state index < -0.39 is 5.82 Å². The van der Waals surface area contributed by atoms with Crippen LogP contribution < -0.4 is 10.6 Å². The van der Waals surface area contributed by atoms with Gasteiger partial charge in [0.15, 0.2) is 0 Å². The standard InChI is InChI=1S/C12H16ClFN2O/c1-2-3-6-15-12(17)8-16-9-4-5-11(14)10(13)7-9/h4-5,7,16H,2-3,6,8H2,1H3,(H,15,17). The van der Waals surface area contributed by atoms with E-state index in [4.69, 9.17) is 11.6 Å². The van der Waals surface area contributed by atoms with Crippen LogP contribution in [0.15, 0.2) is 18.2 Å². The third-order valence-electron chi connectivity index (χ3n) is 2.23. The van der Waals surface area contributed by atoms with Gasteiger partial charge < -0.3 is 10.6 Å². The van der Waals surface area contributed by atoms with Gasteiger partial charge in [0.25, 0.3) is 0 Å². The molecular formula is C12H16ClFN2O. The van der Waals surface area contributed by atoms with Gasteiger partial charge in [-0.2, -0.15) is 0 Å². The van der Waals surface area contributed by atoms with E-state index in [1.807, 2.05) is 0 Å². The van der Waals surface area contributed by atoms with Crippen LogP contribution in [0.3, 0.4) is 0 Å². The molecule has 0 bridgehead atoms. The maximum absolute atomic E-state index is 12.9. The van der Waals surface area contributed by atoms with Gasteiger partial charge in [0.1, 0.15) is 5.82 Å². The molecule has 1 aromatic rings. The topological polar surface area (TPSA) is 41.1 Å². The third kappa shape index (κ3) is 5.04. The minimum absolute atomic E-state index is 0.0430. The molecule has 2 N–H and O–H groups in total. The second kappa shape index (κ2) is 7.12. The lowest BCUT2D eigenvalue weighted by molar-refractivity contribution is -0.119. The fourth-order valence-corrected chi connectivity index (χ4v) is 1.44. The summed E-state index contributed by atoms with van der Waals surface area (Å²) in [5.41, 5.74) is 0.627. The third-order valence-corrected chi connectivity index (χ3v) is 2.51. The molecule has 1 aromatic carbocycles. The fraction of sp³-hybridized carbons (Fsp3) is 0.417. The van der Waals surface area contributed by atoms with Crippen molar-refractivity contribution < 1.29 is 9.18 Å². The SMILES string of the molecule is CCCCNC(=O)CNc1ccc(F)c(Cl)c1. The highest BCUT2D eigenvalue weighted by Crippen LogP contribution is 2.18. The van der Waals surface area contributed by atoms with Crippen molar-refractivity contribution in [2.24, 2.45) is 0 Å². The van der Waals surface area contributed by atoms with E-state index in [9.17, 15) is 9.18 Å². The predicted molar refractivity (Wildman–Crippen MR) is 67.8 cm³/mol. The first-order valence-corrected chi connectivity index (χ1v) is 5.97. The summed E-state index contributed by atoms with van der Waals surface area (Å²) in [5, 5.41) is 5.69. The molecule has 0 saturated heterocycles. The zero-order valence-corrected chi connectivity index (χ0v) is 10.5. The lowest BCUT2D eigenvalue weighted by Crippen LogP contribution is -2.30. The highest BCUT2D eigenvalue weighted by Gasteiger charge is 2.03. The summed E-state index contributed by atoms with van der Waals surface area (Å²) in [6.45, 7) is 2.90. The van der Waals surface area contributed by atoms with Crippen molar-refractivity contribution in [2.75, 3.05) is 18.4 Å². The van der Waals surface area contributed by atoms with E-state index >= 15 is 0 Å². The molecule has 0 radical (unpaired) electrons. The van der Waals surface area contributed by atoms with Gasteiger partial charge in [-0.25, -0.2) is 4.39 Å². The number of benzene rings is 1. The maximum Gasteiger partial charge on any atom is 0.239 e. The van der Waals surface area contributed by atoms with E-state index in [-0.39, 0.29) is 17.5 Å². The molecule has 0 spiro atoms. The number of carbonyl (C=O) groups is 1. The molecule has 5 heteroatoms. The van der Waals surface area contributed by atoms with Gasteiger partial charge in [-0.1, -0.05) is 24.9 Å². The monoisotopic (exact) mass is 258 g/mol. The first-order chi connectivity index (χ1) is 8.13. The summed E-state index contributed by atoms with van der Waals surface area (Å²) in [6.07, 6.45) is 2.01. The molecule has 0 unspecified atom stereocenters. The van der Waals surface area contributed by atoms with Gasteiger partial charge >= 0.3 is 0 Å². The Morgan fingerprint density at radius 2 is 2.24 bits per heavy atom. The second-order valence-electron chi connectivity index (χ2n) is 3.69. The summed E-state index contributed by atoms with van der Waals surface area (Å²) in [5.74, 6) is -0.552. The highest BCUT2D eigenvalue weighted by molar-refractivity contribution is 6.31. The molecule has 0 aromatic heterocycles. The van der Waals surface area contributed by atoms with Crippen molar-refractivity contribution in [1.82, 2.24) is 5.32 Å². The smallest absolute Gasteiger partial charge is 0.239 e. The molecule has 3 nitrogen and oxygen atoms in total. The van der Waals surface area contributed by atoms with Crippen molar-refractivity contribution in [3.05, 3.63) is 29.0 Å². The van der Waals surface area contributed by atoms with Crippen LogP contribution in [-0.4, -0.2) is 19.0 Å². The number of rotatable bonds is 6. The number of hydrogen-bond donors (Lipinski definition) is 2. The Labute approximate surface area is 105 Å². The Morgan fingerprint density at radius 3 is 2.88 bits per heavy atom.